The molecule has 0 aromatic heterocycles. The van der Waals surface area contributed by atoms with Crippen LogP contribution in [0.15, 0.2) is 18.2 Å². The average molecular weight is 298 g/mol. The van der Waals surface area contributed by atoms with Gasteiger partial charge in [0, 0.05) is 11.1 Å². The monoisotopic (exact) mass is 297 g/mol. The molecule has 1 aromatic rings. The first-order valence-corrected chi connectivity index (χ1v) is 8.11. The Balaban J connectivity index is 2.05. The van der Waals surface area contributed by atoms with Crippen LogP contribution in [0.5, 0.6) is 0 Å². The third kappa shape index (κ3) is 4.46. The summed E-state index contributed by atoms with van der Waals surface area (Å²) in [6.07, 6.45) is 6.29. The molecule has 1 aromatic carbocycles. The second-order valence-electron chi connectivity index (χ2n) is 6.31. The molecule has 1 unspecified atom stereocenters. The van der Waals surface area contributed by atoms with Crippen LogP contribution in [0.25, 0.3) is 0 Å². The molecule has 1 atom stereocenters. The van der Waals surface area contributed by atoms with Gasteiger partial charge in [0.25, 0.3) is 0 Å². The Morgan fingerprint density at radius 3 is 2.60 bits per heavy atom. The van der Waals surface area contributed by atoms with Gasteiger partial charge in [-0.05, 0) is 42.5 Å². The van der Waals surface area contributed by atoms with Gasteiger partial charge in [0.05, 0.1) is 0 Å². The highest BCUT2D eigenvalue weighted by Crippen LogP contribution is 2.34. The molecule has 3 heteroatoms. The van der Waals surface area contributed by atoms with Gasteiger partial charge >= 0.3 is 0 Å². The fraction of sp³-hybridized carbons (Fsp3) is 0.647. The molecule has 112 valence electrons. The van der Waals surface area contributed by atoms with Crippen LogP contribution in [0.2, 0.25) is 5.02 Å². The SMILES string of the molecule is CC(C)NCC(Cc1ccc(F)cc1Cl)C1CCCC1. The standard InChI is InChI=1S/C17H25ClFN/c1-12(2)20-11-15(13-5-3-4-6-13)9-14-7-8-16(19)10-17(14)18/h7-8,10,12-13,15,20H,3-6,9,11H2,1-2H3. The maximum absolute atomic E-state index is 13.1. The Kier molecular flexibility index (Phi) is 5.86. The smallest absolute Gasteiger partial charge is 0.124 e. The normalized spacial score (nSPS) is 17.9. The average Bonchev–Trinajstić information content (AvgIpc) is 2.90. The molecule has 1 saturated carbocycles. The molecule has 1 aliphatic carbocycles. The summed E-state index contributed by atoms with van der Waals surface area (Å²) >= 11 is 6.18. The van der Waals surface area contributed by atoms with E-state index in [0.717, 1.165) is 24.4 Å². The van der Waals surface area contributed by atoms with Crippen LogP contribution in [0, 0.1) is 17.7 Å². The van der Waals surface area contributed by atoms with Gasteiger partial charge in [-0.15, -0.1) is 0 Å². The zero-order valence-corrected chi connectivity index (χ0v) is 13.2. The number of benzene rings is 1. The van der Waals surface area contributed by atoms with Gasteiger partial charge in [0.15, 0.2) is 0 Å². The maximum atomic E-state index is 13.1. The van der Waals surface area contributed by atoms with E-state index in [1.54, 1.807) is 0 Å². The van der Waals surface area contributed by atoms with E-state index < -0.39 is 0 Å². The summed E-state index contributed by atoms with van der Waals surface area (Å²) in [5, 5.41) is 4.12. The van der Waals surface area contributed by atoms with E-state index in [1.807, 2.05) is 6.07 Å². The zero-order valence-electron chi connectivity index (χ0n) is 12.5. The van der Waals surface area contributed by atoms with Crippen molar-refractivity contribution in [1.29, 1.82) is 0 Å². The summed E-state index contributed by atoms with van der Waals surface area (Å²) in [4.78, 5) is 0. The first-order valence-electron chi connectivity index (χ1n) is 7.73. The summed E-state index contributed by atoms with van der Waals surface area (Å²) < 4.78 is 13.1. The largest absolute Gasteiger partial charge is 0.314 e. The number of hydrogen-bond acceptors (Lipinski definition) is 1. The quantitative estimate of drug-likeness (QED) is 0.793. The Morgan fingerprint density at radius 2 is 2.00 bits per heavy atom. The van der Waals surface area contributed by atoms with Crippen LogP contribution in [0.3, 0.4) is 0 Å². The second kappa shape index (κ2) is 7.42. The summed E-state index contributed by atoms with van der Waals surface area (Å²) in [7, 11) is 0. The number of nitrogens with one attached hydrogen (secondary N) is 1. The Labute approximate surface area is 126 Å². The molecular weight excluding hydrogens is 273 g/mol. The third-order valence-corrected chi connectivity index (χ3v) is 4.70. The molecule has 1 aliphatic rings. The van der Waals surface area contributed by atoms with Crippen LogP contribution < -0.4 is 5.32 Å². The summed E-state index contributed by atoms with van der Waals surface area (Å²) in [5.41, 5.74) is 1.08. The van der Waals surface area contributed by atoms with Crippen LogP contribution in [-0.4, -0.2) is 12.6 Å². The second-order valence-corrected chi connectivity index (χ2v) is 6.71. The highest BCUT2D eigenvalue weighted by Gasteiger charge is 2.25. The molecule has 0 radical (unpaired) electrons. The first kappa shape index (κ1) is 15.8. The fourth-order valence-electron chi connectivity index (χ4n) is 3.19. The molecule has 0 aliphatic heterocycles. The molecule has 0 spiro atoms. The lowest BCUT2D eigenvalue weighted by Gasteiger charge is -2.25. The predicted octanol–water partition coefficient (Wildman–Crippen LogP) is 4.83. The Morgan fingerprint density at radius 1 is 1.30 bits per heavy atom. The van der Waals surface area contributed by atoms with Crippen LogP contribution >= 0.6 is 11.6 Å². The zero-order chi connectivity index (χ0) is 14.5. The highest BCUT2D eigenvalue weighted by atomic mass is 35.5. The third-order valence-electron chi connectivity index (χ3n) is 4.35. The van der Waals surface area contributed by atoms with Crippen molar-refractivity contribution < 1.29 is 4.39 Å². The van der Waals surface area contributed by atoms with Gasteiger partial charge in [-0.3, -0.25) is 0 Å². The molecule has 20 heavy (non-hydrogen) atoms. The number of halogens is 2. The van der Waals surface area contributed by atoms with E-state index in [2.05, 4.69) is 19.2 Å². The molecule has 1 fully saturated rings. The number of hydrogen-bond donors (Lipinski definition) is 1. The van der Waals surface area contributed by atoms with Crippen molar-refractivity contribution >= 4 is 11.6 Å². The minimum atomic E-state index is -0.253. The van der Waals surface area contributed by atoms with Gasteiger partial charge in [-0.1, -0.05) is 57.2 Å². The molecule has 0 heterocycles. The lowest BCUT2D eigenvalue weighted by atomic mass is 9.85. The lowest BCUT2D eigenvalue weighted by Crippen LogP contribution is -2.33. The van der Waals surface area contributed by atoms with E-state index >= 15 is 0 Å². The number of rotatable bonds is 6. The molecule has 0 amide bonds. The predicted molar refractivity (Wildman–Crippen MR) is 83.7 cm³/mol. The van der Waals surface area contributed by atoms with E-state index in [4.69, 9.17) is 11.6 Å². The van der Waals surface area contributed by atoms with Crippen molar-refractivity contribution in [2.45, 2.75) is 52.0 Å². The van der Waals surface area contributed by atoms with Crippen LogP contribution in [0.1, 0.15) is 45.1 Å². The van der Waals surface area contributed by atoms with Gasteiger partial charge in [0.2, 0.25) is 0 Å². The van der Waals surface area contributed by atoms with Crippen molar-refractivity contribution in [3.63, 3.8) is 0 Å². The molecule has 1 nitrogen and oxygen atoms in total. The van der Waals surface area contributed by atoms with E-state index in [9.17, 15) is 4.39 Å². The van der Waals surface area contributed by atoms with E-state index in [0.29, 0.717) is 17.0 Å². The Hall–Kier alpha value is -0.600. The minimum absolute atomic E-state index is 0.253. The Bertz CT molecular complexity index is 427. The first-order chi connectivity index (χ1) is 9.56. The molecule has 2 rings (SSSR count). The molecule has 0 bridgehead atoms. The molecular formula is C17H25ClFN. The highest BCUT2D eigenvalue weighted by molar-refractivity contribution is 6.31. The topological polar surface area (TPSA) is 12.0 Å². The van der Waals surface area contributed by atoms with Gasteiger partial charge in [-0.2, -0.15) is 0 Å². The minimum Gasteiger partial charge on any atom is -0.314 e. The van der Waals surface area contributed by atoms with Crippen molar-refractivity contribution in [1.82, 2.24) is 5.32 Å². The van der Waals surface area contributed by atoms with Crippen molar-refractivity contribution in [2.75, 3.05) is 6.54 Å². The lowest BCUT2D eigenvalue weighted by molar-refractivity contribution is 0.313. The van der Waals surface area contributed by atoms with Gasteiger partial charge in [-0.25, -0.2) is 4.39 Å². The summed E-state index contributed by atoms with van der Waals surface area (Å²) in [5.74, 6) is 1.13. The fourth-order valence-corrected chi connectivity index (χ4v) is 3.44. The molecule has 1 N–H and O–H groups in total. The van der Waals surface area contributed by atoms with Crippen molar-refractivity contribution in [3.8, 4) is 0 Å². The van der Waals surface area contributed by atoms with Crippen LogP contribution in [0.4, 0.5) is 4.39 Å². The van der Waals surface area contributed by atoms with Crippen LogP contribution in [-0.2, 0) is 6.42 Å². The van der Waals surface area contributed by atoms with Gasteiger partial charge in [0.1, 0.15) is 5.82 Å². The summed E-state index contributed by atoms with van der Waals surface area (Å²) in [6, 6.07) is 5.29. The van der Waals surface area contributed by atoms with E-state index in [-0.39, 0.29) is 5.82 Å². The van der Waals surface area contributed by atoms with E-state index in [1.165, 1.54) is 37.8 Å². The summed E-state index contributed by atoms with van der Waals surface area (Å²) in [6.45, 7) is 5.38. The maximum Gasteiger partial charge on any atom is 0.124 e. The molecule has 0 saturated heterocycles. The van der Waals surface area contributed by atoms with Gasteiger partial charge < -0.3 is 5.32 Å². The van der Waals surface area contributed by atoms with Crippen molar-refractivity contribution in [3.05, 3.63) is 34.6 Å². The van der Waals surface area contributed by atoms with Crippen molar-refractivity contribution in [2.24, 2.45) is 11.8 Å².